The molecular weight excluding hydrogens is 1240 g/mol. The van der Waals surface area contributed by atoms with Crippen molar-refractivity contribution in [2.75, 3.05) is 31.6 Å². The van der Waals surface area contributed by atoms with Crippen molar-refractivity contribution in [3.05, 3.63) is 182 Å². The molecule has 7 fully saturated rings. The van der Waals surface area contributed by atoms with Crippen LogP contribution >= 0.6 is 11.6 Å². The van der Waals surface area contributed by atoms with E-state index in [0.29, 0.717) is 96.2 Å². The standard InChI is InChI=1S/C28H26N4O.C26H28N4O2.C24H31ClN2O3S/c1-18-27(26(33)17-31-23-11-12-24(31)14-13-23)19(2)32(25-9-5-21(16-30)6-10-25)28(18)22-7-3-20(15-29)4-8-22;1-16-21(26(32)15-29-20-8-9-23(29)25(31)12-20)13-24(22-11-18(22)3-2-10-27)30(16)19-6-4-17(14-28)5-7-19;1-17-23(24(28)16-26-19-10-11-20(26)13-12-19)15-22(5-3-4-14-31(2,29)30)27(17)21-8-6-18(25)7-9-21/h3-10,23-24H,11-14,17H2,1-2H3;4-7,13,18,20,22-23,25,31H,2-3,8-9,11-12,15H2,1H3;6-9,15,19-20H,3-5,10-14,16H2,1-2H3/t;18-,20?,22-,23?,25+;/m.1./s1. The minimum absolute atomic E-state index is 0.108. The summed E-state index contributed by atoms with van der Waals surface area (Å²) < 4.78 is 29.3. The SMILES string of the molecule is Cc1c(C(=O)CN2C3CCC2CC3)c(C)n(-c2ccc(C#N)cc2)c1-c1ccc(C#N)cc1.Cc1c(C(=O)CN2C3CCC2CC3)cc(CCCCS(C)(=O)=O)n1-c1ccc(Cl)cc1.Cc1c(C(=O)CN2C3CCC2[C@@H](O)C3)cc([C@@H]2C[C@H]2CCC#N)n1-c1ccc(C#N)cc1. The van der Waals surface area contributed by atoms with E-state index >= 15 is 0 Å². The fourth-order valence-electron chi connectivity index (χ4n) is 17.1. The fourth-order valence-corrected chi connectivity index (χ4v) is 17.9. The van der Waals surface area contributed by atoms with Crippen LogP contribution in [0.25, 0.3) is 28.3 Å². The number of nitriles is 4. The lowest BCUT2D eigenvalue weighted by molar-refractivity contribution is 0.0871. The molecule has 496 valence electrons. The average Bonchev–Trinajstić information content (AvgIpc) is 1.60. The highest BCUT2D eigenvalue weighted by Gasteiger charge is 2.47. The number of benzene rings is 4. The number of carbonyl (C=O) groups excluding carboxylic acids is 3. The van der Waals surface area contributed by atoms with Gasteiger partial charge < -0.3 is 18.8 Å². The molecular formula is C78H85ClN10O6S. The summed E-state index contributed by atoms with van der Waals surface area (Å²) in [5, 5.41) is 47.4. The Hall–Kier alpha value is -8.23. The zero-order valence-electron chi connectivity index (χ0n) is 55.7. The van der Waals surface area contributed by atoms with Gasteiger partial charge in [-0.05, 0) is 245 Å². The molecule has 3 aromatic heterocycles. The zero-order chi connectivity index (χ0) is 67.7. The van der Waals surface area contributed by atoms with Crippen LogP contribution in [0.1, 0.15) is 190 Å². The molecule has 0 spiro atoms. The van der Waals surface area contributed by atoms with E-state index in [2.05, 4.69) is 58.7 Å². The topological polar surface area (TPSA) is 225 Å². The number of rotatable bonds is 21. The van der Waals surface area contributed by atoms with Gasteiger partial charge in [-0.25, -0.2) is 8.42 Å². The third-order valence-corrected chi connectivity index (χ3v) is 23.3. The van der Waals surface area contributed by atoms with Gasteiger partial charge in [-0.1, -0.05) is 23.7 Å². The van der Waals surface area contributed by atoms with Crippen molar-refractivity contribution in [3.8, 4) is 52.6 Å². The quantitative estimate of drug-likeness (QED) is 0.0522. The lowest BCUT2D eigenvalue weighted by Gasteiger charge is -2.21. The summed E-state index contributed by atoms with van der Waals surface area (Å²) in [6.07, 6.45) is 18.0. The van der Waals surface area contributed by atoms with Gasteiger partial charge in [0.25, 0.3) is 0 Å². The maximum absolute atomic E-state index is 13.6. The first-order valence-corrected chi connectivity index (χ1v) is 36.7. The van der Waals surface area contributed by atoms with E-state index in [0.717, 1.165) is 124 Å². The molecule has 2 unspecified atom stereocenters. The number of hydrogen-bond acceptors (Lipinski definition) is 13. The van der Waals surface area contributed by atoms with Crippen LogP contribution in [-0.4, -0.2) is 133 Å². The van der Waals surface area contributed by atoms with E-state index in [-0.39, 0.29) is 35.2 Å². The third-order valence-electron chi connectivity index (χ3n) is 22.0. The van der Waals surface area contributed by atoms with Gasteiger partial charge in [0, 0.05) is 128 Å². The first-order chi connectivity index (χ1) is 46.2. The Labute approximate surface area is 569 Å². The molecule has 6 aliphatic heterocycles. The number of aliphatic hydroxyl groups excluding tert-OH is 1. The number of halogens is 1. The molecule has 1 N–H and O–H groups in total. The van der Waals surface area contributed by atoms with Crippen LogP contribution < -0.4 is 0 Å². The van der Waals surface area contributed by atoms with E-state index in [9.17, 15) is 38.4 Å². The molecule has 1 aliphatic carbocycles. The summed E-state index contributed by atoms with van der Waals surface area (Å²) >= 11 is 6.08. The molecule has 7 aliphatic rings. The number of aryl methyl sites for hydroxylation is 1. The van der Waals surface area contributed by atoms with Gasteiger partial charge in [-0.3, -0.25) is 29.1 Å². The first kappa shape index (κ1) is 67.7. The number of carbonyl (C=O) groups is 3. The number of ketones is 3. The summed E-state index contributed by atoms with van der Waals surface area (Å²) in [7, 11) is -2.96. The lowest BCUT2D eigenvalue weighted by Crippen LogP contribution is -2.36. The monoisotopic (exact) mass is 1320 g/mol. The van der Waals surface area contributed by atoms with Gasteiger partial charge in [0.2, 0.25) is 0 Å². The molecule has 0 radical (unpaired) electrons. The highest BCUT2D eigenvalue weighted by Crippen LogP contribution is 2.52. The van der Waals surface area contributed by atoms with Crippen molar-refractivity contribution in [3.63, 3.8) is 0 Å². The highest BCUT2D eigenvalue weighted by atomic mass is 35.5. The van der Waals surface area contributed by atoms with Gasteiger partial charge in [0.1, 0.15) is 9.84 Å². The molecule has 18 heteroatoms. The number of aliphatic hydroxyl groups is 1. The van der Waals surface area contributed by atoms with Crippen LogP contribution in [0.5, 0.6) is 0 Å². The predicted molar refractivity (Wildman–Crippen MR) is 372 cm³/mol. The Bertz CT molecular complexity index is 4250. The normalized spacial score (nSPS) is 23.0. The number of aromatic nitrogens is 3. The second kappa shape index (κ2) is 28.8. The van der Waals surface area contributed by atoms with Crippen molar-refractivity contribution < 1.29 is 27.9 Å². The van der Waals surface area contributed by atoms with Crippen LogP contribution in [-0.2, 0) is 16.3 Å². The highest BCUT2D eigenvalue weighted by molar-refractivity contribution is 7.90. The second-order valence-corrected chi connectivity index (χ2v) is 30.5. The smallest absolute Gasteiger partial charge is 0.178 e. The first-order valence-electron chi connectivity index (χ1n) is 34.3. The number of unbranched alkanes of at least 4 members (excludes halogenated alkanes) is 1. The largest absolute Gasteiger partial charge is 0.391 e. The van der Waals surface area contributed by atoms with Crippen molar-refractivity contribution >= 4 is 38.8 Å². The summed E-state index contributed by atoms with van der Waals surface area (Å²) in [5.74, 6) is 1.48. The molecule has 14 rings (SSSR count). The van der Waals surface area contributed by atoms with Gasteiger partial charge >= 0.3 is 0 Å². The van der Waals surface area contributed by atoms with Crippen molar-refractivity contribution in [2.45, 2.75) is 185 Å². The Morgan fingerprint density at radius 2 is 1.02 bits per heavy atom. The van der Waals surface area contributed by atoms with E-state index in [1.165, 1.54) is 57.6 Å². The Morgan fingerprint density at radius 3 is 1.52 bits per heavy atom. The predicted octanol–water partition coefficient (Wildman–Crippen LogP) is 13.8. The average molecular weight is 1330 g/mol. The number of Topliss-reactive ketones (excluding diaryl/α,β-unsaturated/α-hetero) is 3. The van der Waals surface area contributed by atoms with E-state index in [1.54, 1.807) is 12.1 Å². The summed E-state index contributed by atoms with van der Waals surface area (Å²) in [4.78, 5) is 47.4. The van der Waals surface area contributed by atoms with Crippen LogP contribution in [0.3, 0.4) is 0 Å². The van der Waals surface area contributed by atoms with Crippen LogP contribution in [0, 0.1) is 78.9 Å². The molecule has 96 heavy (non-hydrogen) atoms. The molecule has 7 aromatic rings. The molecule has 1 saturated carbocycles. The molecule has 6 saturated heterocycles. The molecule has 6 bridgehead atoms. The Morgan fingerprint density at radius 1 is 0.552 bits per heavy atom. The van der Waals surface area contributed by atoms with E-state index in [1.807, 2.05) is 119 Å². The van der Waals surface area contributed by atoms with Crippen LogP contribution in [0.4, 0.5) is 0 Å². The van der Waals surface area contributed by atoms with Gasteiger partial charge in [-0.2, -0.15) is 21.0 Å². The maximum atomic E-state index is 13.6. The van der Waals surface area contributed by atoms with Crippen molar-refractivity contribution in [1.82, 2.24) is 28.4 Å². The van der Waals surface area contributed by atoms with E-state index < -0.39 is 9.84 Å². The number of hydrogen-bond donors (Lipinski definition) is 1. The van der Waals surface area contributed by atoms with Gasteiger partial charge in [0.15, 0.2) is 17.3 Å². The van der Waals surface area contributed by atoms with Gasteiger partial charge in [0.05, 0.1) is 72.4 Å². The lowest BCUT2D eigenvalue weighted by atomic mass is 9.98. The Kier molecular flexibility index (Phi) is 20.4. The summed E-state index contributed by atoms with van der Waals surface area (Å²) in [6.45, 7) is 9.34. The van der Waals surface area contributed by atoms with E-state index in [4.69, 9.17) is 22.1 Å². The fraction of sp³-hybridized carbons (Fsp3) is 0.449. The zero-order valence-corrected chi connectivity index (χ0v) is 57.3. The van der Waals surface area contributed by atoms with Crippen molar-refractivity contribution in [1.29, 1.82) is 21.0 Å². The molecule has 0 amide bonds. The van der Waals surface area contributed by atoms with Crippen LogP contribution in [0.15, 0.2) is 109 Å². The third kappa shape index (κ3) is 14.1. The number of nitrogens with zero attached hydrogens (tertiary/aromatic N) is 10. The van der Waals surface area contributed by atoms with Crippen LogP contribution in [0.2, 0.25) is 5.02 Å². The summed E-state index contributed by atoms with van der Waals surface area (Å²) in [5.41, 5.74) is 14.8. The number of fused-ring (bicyclic) bond motifs is 6. The Balaban J connectivity index is 0.000000138. The van der Waals surface area contributed by atoms with Gasteiger partial charge in [-0.15, -0.1) is 0 Å². The second-order valence-electron chi connectivity index (χ2n) is 27.8. The summed E-state index contributed by atoms with van der Waals surface area (Å²) in [6, 6.07) is 45.6. The number of sulfone groups is 1. The molecule has 16 nitrogen and oxygen atoms in total. The molecule has 9 heterocycles. The van der Waals surface area contributed by atoms with Crippen molar-refractivity contribution in [2.24, 2.45) is 5.92 Å². The minimum atomic E-state index is -2.96. The molecule has 5 atom stereocenters. The molecule has 4 aromatic carbocycles. The maximum Gasteiger partial charge on any atom is 0.178 e. The minimum Gasteiger partial charge on any atom is -0.391 e.